The molecule has 2 rings (SSSR count). The molecule has 0 saturated heterocycles. The Balaban J connectivity index is 1.71. The molecule has 2 aromatic heterocycles. The number of thiophene rings is 1. The first-order valence-corrected chi connectivity index (χ1v) is 6.19. The maximum atomic E-state index is 11.4. The molecule has 0 saturated carbocycles. The lowest BCUT2D eigenvalue weighted by Crippen LogP contribution is -2.23. The SMILES string of the molecule is O=C(/C=C/c1cccs1)NCCc1cnc[nH]1. The van der Waals surface area contributed by atoms with Crippen molar-refractivity contribution in [2.75, 3.05) is 6.54 Å². The van der Waals surface area contributed by atoms with Crippen LogP contribution in [0.25, 0.3) is 6.08 Å². The van der Waals surface area contributed by atoms with Gasteiger partial charge in [0, 0.05) is 35.8 Å². The summed E-state index contributed by atoms with van der Waals surface area (Å²) in [4.78, 5) is 19.4. The third-order valence-electron chi connectivity index (χ3n) is 2.19. The quantitative estimate of drug-likeness (QED) is 0.792. The number of nitrogens with zero attached hydrogens (tertiary/aromatic N) is 1. The van der Waals surface area contributed by atoms with Crippen LogP contribution in [0.2, 0.25) is 0 Å². The third-order valence-corrected chi connectivity index (χ3v) is 3.03. The fourth-order valence-electron chi connectivity index (χ4n) is 1.34. The smallest absolute Gasteiger partial charge is 0.244 e. The average molecular weight is 247 g/mol. The molecule has 0 radical (unpaired) electrons. The van der Waals surface area contributed by atoms with Crippen molar-refractivity contribution in [3.05, 3.63) is 46.7 Å². The molecule has 0 bridgehead atoms. The van der Waals surface area contributed by atoms with Crippen molar-refractivity contribution in [1.82, 2.24) is 15.3 Å². The number of hydrogen-bond acceptors (Lipinski definition) is 3. The van der Waals surface area contributed by atoms with Gasteiger partial charge in [-0.05, 0) is 17.5 Å². The zero-order valence-corrected chi connectivity index (χ0v) is 10.0. The number of hydrogen-bond donors (Lipinski definition) is 2. The molecular weight excluding hydrogens is 234 g/mol. The van der Waals surface area contributed by atoms with Crippen molar-refractivity contribution in [2.24, 2.45) is 0 Å². The van der Waals surface area contributed by atoms with Crippen LogP contribution in [-0.4, -0.2) is 22.4 Å². The summed E-state index contributed by atoms with van der Waals surface area (Å²) in [6, 6.07) is 3.93. The van der Waals surface area contributed by atoms with E-state index < -0.39 is 0 Å². The van der Waals surface area contributed by atoms with E-state index in [4.69, 9.17) is 0 Å². The number of aromatic amines is 1. The minimum Gasteiger partial charge on any atom is -0.352 e. The first-order chi connectivity index (χ1) is 8.34. The lowest BCUT2D eigenvalue weighted by Gasteiger charge is -1.99. The molecule has 1 amide bonds. The highest BCUT2D eigenvalue weighted by Crippen LogP contribution is 2.09. The Morgan fingerprint density at radius 3 is 3.24 bits per heavy atom. The number of H-pyrrole nitrogens is 1. The summed E-state index contributed by atoms with van der Waals surface area (Å²) in [6.45, 7) is 0.607. The Kier molecular flexibility index (Phi) is 4.10. The molecule has 0 atom stereocenters. The number of rotatable bonds is 5. The summed E-state index contributed by atoms with van der Waals surface area (Å²) >= 11 is 1.61. The number of carbonyl (C=O) groups is 1. The van der Waals surface area contributed by atoms with E-state index in [2.05, 4.69) is 15.3 Å². The van der Waals surface area contributed by atoms with Crippen molar-refractivity contribution in [3.8, 4) is 0 Å². The molecule has 0 unspecified atom stereocenters. The molecule has 0 aromatic carbocycles. The molecule has 5 heteroatoms. The van der Waals surface area contributed by atoms with Gasteiger partial charge in [-0.25, -0.2) is 4.98 Å². The van der Waals surface area contributed by atoms with Gasteiger partial charge >= 0.3 is 0 Å². The predicted molar refractivity (Wildman–Crippen MR) is 68.7 cm³/mol. The fraction of sp³-hybridized carbons (Fsp3) is 0.167. The molecule has 88 valence electrons. The van der Waals surface area contributed by atoms with E-state index in [0.717, 1.165) is 17.0 Å². The van der Waals surface area contributed by atoms with Gasteiger partial charge < -0.3 is 10.3 Å². The highest BCUT2D eigenvalue weighted by Gasteiger charge is 1.97. The second kappa shape index (κ2) is 6.00. The van der Waals surface area contributed by atoms with Crippen molar-refractivity contribution in [3.63, 3.8) is 0 Å². The standard InChI is InChI=1S/C12H13N3OS/c16-12(4-3-11-2-1-7-17-11)14-6-5-10-8-13-9-15-10/h1-4,7-9H,5-6H2,(H,13,15)(H,14,16)/b4-3+. The van der Waals surface area contributed by atoms with Crippen LogP contribution in [0.5, 0.6) is 0 Å². The first-order valence-electron chi connectivity index (χ1n) is 5.31. The molecular formula is C12H13N3OS. The molecule has 2 heterocycles. The third kappa shape index (κ3) is 3.88. The monoisotopic (exact) mass is 247 g/mol. The van der Waals surface area contributed by atoms with Gasteiger partial charge in [-0.1, -0.05) is 6.07 Å². The van der Waals surface area contributed by atoms with Gasteiger partial charge in [-0.3, -0.25) is 4.79 Å². The first kappa shape index (κ1) is 11.6. The van der Waals surface area contributed by atoms with Crippen LogP contribution in [0.1, 0.15) is 10.6 Å². The van der Waals surface area contributed by atoms with E-state index in [1.165, 1.54) is 0 Å². The number of aromatic nitrogens is 2. The zero-order valence-electron chi connectivity index (χ0n) is 9.22. The molecule has 4 nitrogen and oxygen atoms in total. The van der Waals surface area contributed by atoms with Crippen molar-refractivity contribution in [1.29, 1.82) is 0 Å². The van der Waals surface area contributed by atoms with E-state index in [1.54, 1.807) is 29.9 Å². The minimum atomic E-state index is -0.0714. The zero-order chi connectivity index (χ0) is 11.9. The Labute approximate surface area is 103 Å². The molecule has 0 aliphatic heterocycles. The van der Waals surface area contributed by atoms with E-state index >= 15 is 0 Å². The molecule has 0 aliphatic rings. The molecule has 0 fully saturated rings. The Bertz CT molecular complexity index is 474. The van der Waals surface area contributed by atoms with Crippen LogP contribution in [0.3, 0.4) is 0 Å². The summed E-state index contributed by atoms with van der Waals surface area (Å²) in [7, 11) is 0. The lowest BCUT2D eigenvalue weighted by atomic mass is 10.3. The molecule has 0 aliphatic carbocycles. The largest absolute Gasteiger partial charge is 0.352 e. The number of carbonyl (C=O) groups excluding carboxylic acids is 1. The van der Waals surface area contributed by atoms with Gasteiger partial charge in [0.1, 0.15) is 0 Å². The maximum Gasteiger partial charge on any atom is 0.244 e. The van der Waals surface area contributed by atoms with Gasteiger partial charge in [-0.15, -0.1) is 11.3 Å². The van der Waals surface area contributed by atoms with Crippen LogP contribution in [0, 0.1) is 0 Å². The topological polar surface area (TPSA) is 57.8 Å². The number of imidazole rings is 1. The van der Waals surface area contributed by atoms with Gasteiger partial charge in [0.05, 0.1) is 6.33 Å². The lowest BCUT2D eigenvalue weighted by molar-refractivity contribution is -0.116. The van der Waals surface area contributed by atoms with E-state index in [1.807, 2.05) is 23.6 Å². The average Bonchev–Trinajstić information content (AvgIpc) is 2.99. The van der Waals surface area contributed by atoms with E-state index in [-0.39, 0.29) is 5.91 Å². The highest BCUT2D eigenvalue weighted by atomic mass is 32.1. The van der Waals surface area contributed by atoms with Crippen LogP contribution >= 0.6 is 11.3 Å². The van der Waals surface area contributed by atoms with Crippen LogP contribution in [0.4, 0.5) is 0 Å². The summed E-state index contributed by atoms with van der Waals surface area (Å²) < 4.78 is 0. The van der Waals surface area contributed by atoms with Gasteiger partial charge in [-0.2, -0.15) is 0 Å². The highest BCUT2D eigenvalue weighted by molar-refractivity contribution is 7.10. The Morgan fingerprint density at radius 2 is 2.53 bits per heavy atom. The van der Waals surface area contributed by atoms with Crippen LogP contribution in [-0.2, 0) is 11.2 Å². The summed E-state index contributed by atoms with van der Waals surface area (Å²) in [5, 5.41) is 4.80. The van der Waals surface area contributed by atoms with Crippen molar-refractivity contribution >= 4 is 23.3 Å². The van der Waals surface area contributed by atoms with Crippen molar-refractivity contribution in [2.45, 2.75) is 6.42 Å². The summed E-state index contributed by atoms with van der Waals surface area (Å²) in [5.41, 5.74) is 1.02. The molecule has 0 spiro atoms. The van der Waals surface area contributed by atoms with Crippen LogP contribution < -0.4 is 5.32 Å². The van der Waals surface area contributed by atoms with Crippen LogP contribution in [0.15, 0.2) is 36.1 Å². The Hall–Kier alpha value is -1.88. The normalized spacial score (nSPS) is 10.8. The summed E-state index contributed by atoms with van der Waals surface area (Å²) in [6.07, 6.45) is 7.52. The fourth-order valence-corrected chi connectivity index (χ4v) is 1.96. The Morgan fingerprint density at radius 1 is 1.59 bits per heavy atom. The molecule has 2 N–H and O–H groups in total. The van der Waals surface area contributed by atoms with E-state index in [0.29, 0.717) is 6.54 Å². The predicted octanol–water partition coefficient (Wildman–Crippen LogP) is 1.84. The van der Waals surface area contributed by atoms with E-state index in [9.17, 15) is 4.79 Å². The van der Waals surface area contributed by atoms with Gasteiger partial charge in [0.25, 0.3) is 0 Å². The number of nitrogens with one attached hydrogen (secondary N) is 2. The molecule has 2 aromatic rings. The van der Waals surface area contributed by atoms with Crippen molar-refractivity contribution < 1.29 is 4.79 Å². The second-order valence-corrected chi connectivity index (χ2v) is 4.45. The summed E-state index contributed by atoms with van der Waals surface area (Å²) in [5.74, 6) is -0.0714. The minimum absolute atomic E-state index is 0.0714. The van der Waals surface area contributed by atoms with Gasteiger partial charge in [0.2, 0.25) is 5.91 Å². The molecule has 17 heavy (non-hydrogen) atoms. The second-order valence-electron chi connectivity index (χ2n) is 3.47. The van der Waals surface area contributed by atoms with Gasteiger partial charge in [0.15, 0.2) is 0 Å². The maximum absolute atomic E-state index is 11.4. The number of amides is 1.